The van der Waals surface area contributed by atoms with Gasteiger partial charge in [-0.2, -0.15) is 0 Å². The smallest absolute Gasteiger partial charge is 0.410 e. The highest BCUT2D eigenvalue weighted by molar-refractivity contribution is 6.38. The SMILES string of the molecule is C=C(c1cc(Cl)c2c(c1Cl)C(=O)N(Cc1c(OC)cc(C)[nH]c1=O)CC2)C1CN(C(=O)OC(C)(C)C)C1. The van der Waals surface area contributed by atoms with E-state index in [0.29, 0.717) is 70.3 Å². The first-order chi connectivity index (χ1) is 17.3. The number of rotatable bonds is 5. The number of carbonyl (C=O) groups is 2. The standard InChI is InChI=1S/C27H31Cl2N3O5/c1-14-9-21(36-6)19(24(33)30-14)13-31-8-7-17-20(28)10-18(23(29)22(17)25(31)34)15(2)16-11-32(12-16)26(35)37-27(3,4)5/h9-10,16H,2,7-8,11-13H2,1,3-6H3,(H,30,33). The number of methoxy groups -OCH3 is 1. The molecule has 0 radical (unpaired) electrons. The third kappa shape index (κ3) is 5.36. The van der Waals surface area contributed by atoms with Crippen molar-refractivity contribution in [3.8, 4) is 5.75 Å². The average molecular weight is 548 g/mol. The van der Waals surface area contributed by atoms with E-state index in [9.17, 15) is 14.4 Å². The minimum atomic E-state index is -0.575. The van der Waals surface area contributed by atoms with Gasteiger partial charge in [0.15, 0.2) is 0 Å². The lowest BCUT2D eigenvalue weighted by Gasteiger charge is -2.41. The fraction of sp³-hybridized carbons (Fsp3) is 0.444. The van der Waals surface area contributed by atoms with Crippen molar-refractivity contribution in [2.45, 2.75) is 46.3 Å². The molecule has 2 aromatic rings. The number of fused-ring (bicyclic) bond motifs is 1. The molecular formula is C27H31Cl2N3O5. The van der Waals surface area contributed by atoms with Crippen LogP contribution in [0.1, 0.15) is 53.5 Å². The molecule has 0 saturated carbocycles. The molecule has 8 nitrogen and oxygen atoms in total. The number of aryl methyl sites for hydroxylation is 1. The molecule has 1 saturated heterocycles. The number of aromatic nitrogens is 1. The number of halogens is 2. The molecule has 0 aliphatic carbocycles. The summed E-state index contributed by atoms with van der Waals surface area (Å²) < 4.78 is 10.8. The fourth-order valence-electron chi connectivity index (χ4n) is 4.63. The van der Waals surface area contributed by atoms with Gasteiger partial charge in [-0.25, -0.2) is 4.79 Å². The molecule has 198 valence electrons. The van der Waals surface area contributed by atoms with Gasteiger partial charge in [-0.3, -0.25) is 9.59 Å². The maximum Gasteiger partial charge on any atom is 0.410 e. The first-order valence-corrected chi connectivity index (χ1v) is 12.8. The number of nitrogens with zero attached hydrogens (tertiary/aromatic N) is 2. The zero-order valence-corrected chi connectivity index (χ0v) is 23.2. The molecule has 3 heterocycles. The number of benzene rings is 1. The molecule has 1 aromatic carbocycles. The van der Waals surface area contributed by atoms with Crippen LogP contribution in [0.5, 0.6) is 5.75 Å². The minimum absolute atomic E-state index is 0.0377. The predicted octanol–water partition coefficient (Wildman–Crippen LogP) is 5.08. The Morgan fingerprint density at radius 3 is 2.51 bits per heavy atom. The Labute approximate surface area is 226 Å². The van der Waals surface area contributed by atoms with Crippen molar-refractivity contribution in [3.05, 3.63) is 67.1 Å². The van der Waals surface area contributed by atoms with Crippen molar-refractivity contribution in [1.82, 2.24) is 14.8 Å². The van der Waals surface area contributed by atoms with Gasteiger partial charge >= 0.3 is 6.09 Å². The van der Waals surface area contributed by atoms with Gasteiger partial charge in [0, 0.05) is 36.3 Å². The summed E-state index contributed by atoms with van der Waals surface area (Å²) in [5.74, 6) is 0.0729. The molecule has 0 unspecified atom stereocenters. The summed E-state index contributed by atoms with van der Waals surface area (Å²) in [6.07, 6.45) is 0.118. The second kappa shape index (κ2) is 10.1. The molecule has 0 spiro atoms. The number of aromatic amines is 1. The van der Waals surface area contributed by atoms with E-state index in [2.05, 4.69) is 11.6 Å². The number of pyridine rings is 1. The van der Waals surface area contributed by atoms with E-state index in [1.54, 1.807) is 28.9 Å². The van der Waals surface area contributed by atoms with E-state index < -0.39 is 5.60 Å². The number of likely N-dealkylation sites (tertiary alicyclic amines) is 1. The van der Waals surface area contributed by atoms with Gasteiger partial charge in [-0.1, -0.05) is 29.8 Å². The molecule has 37 heavy (non-hydrogen) atoms. The van der Waals surface area contributed by atoms with Crippen LogP contribution in [0.2, 0.25) is 10.0 Å². The van der Waals surface area contributed by atoms with Crippen molar-refractivity contribution >= 4 is 40.8 Å². The number of amides is 2. The van der Waals surface area contributed by atoms with Crippen molar-refractivity contribution < 1.29 is 19.1 Å². The number of H-pyrrole nitrogens is 1. The van der Waals surface area contributed by atoms with Gasteiger partial charge in [-0.05, 0) is 62.9 Å². The largest absolute Gasteiger partial charge is 0.496 e. The lowest BCUT2D eigenvalue weighted by Crippen LogP contribution is -2.51. The summed E-state index contributed by atoms with van der Waals surface area (Å²) in [7, 11) is 1.49. The van der Waals surface area contributed by atoms with Crippen LogP contribution in [0.25, 0.3) is 5.57 Å². The lowest BCUT2D eigenvalue weighted by molar-refractivity contribution is 0.00602. The number of hydrogen-bond donors (Lipinski definition) is 1. The first-order valence-electron chi connectivity index (χ1n) is 12.0. The summed E-state index contributed by atoms with van der Waals surface area (Å²) in [5.41, 5.74) is 2.44. The highest BCUT2D eigenvalue weighted by Crippen LogP contribution is 2.41. The van der Waals surface area contributed by atoms with Crippen LogP contribution in [0.4, 0.5) is 4.79 Å². The summed E-state index contributed by atoms with van der Waals surface area (Å²) in [5, 5.41) is 0.720. The summed E-state index contributed by atoms with van der Waals surface area (Å²) in [4.78, 5) is 44.5. The molecule has 2 amide bonds. The Bertz CT molecular complexity index is 1340. The van der Waals surface area contributed by atoms with Crippen molar-refractivity contribution in [1.29, 1.82) is 0 Å². The number of hydrogen-bond acceptors (Lipinski definition) is 5. The second-order valence-electron chi connectivity index (χ2n) is 10.5. The van der Waals surface area contributed by atoms with Gasteiger partial charge in [-0.15, -0.1) is 0 Å². The number of nitrogens with one attached hydrogen (secondary N) is 1. The van der Waals surface area contributed by atoms with E-state index in [1.807, 2.05) is 20.8 Å². The topological polar surface area (TPSA) is 91.9 Å². The summed E-state index contributed by atoms with van der Waals surface area (Å²) >= 11 is 13.4. The third-order valence-corrected chi connectivity index (χ3v) is 7.35. The van der Waals surface area contributed by atoms with Crippen molar-refractivity contribution in [3.63, 3.8) is 0 Å². The Morgan fingerprint density at radius 1 is 1.22 bits per heavy atom. The molecule has 2 aliphatic rings. The van der Waals surface area contributed by atoms with Crippen molar-refractivity contribution in [2.75, 3.05) is 26.7 Å². The van der Waals surface area contributed by atoms with Crippen LogP contribution >= 0.6 is 23.2 Å². The Balaban J connectivity index is 1.57. The quantitative estimate of drug-likeness (QED) is 0.563. The van der Waals surface area contributed by atoms with E-state index in [1.165, 1.54) is 7.11 Å². The van der Waals surface area contributed by atoms with Crippen LogP contribution in [0, 0.1) is 12.8 Å². The lowest BCUT2D eigenvalue weighted by atomic mass is 9.85. The summed E-state index contributed by atoms with van der Waals surface area (Å²) in [6.45, 7) is 12.8. The van der Waals surface area contributed by atoms with Gasteiger partial charge in [0.1, 0.15) is 11.4 Å². The maximum atomic E-state index is 13.6. The van der Waals surface area contributed by atoms with E-state index in [0.717, 1.165) is 0 Å². The molecule has 2 aliphatic heterocycles. The molecule has 1 fully saturated rings. The summed E-state index contributed by atoms with van der Waals surface area (Å²) in [6, 6.07) is 3.47. The van der Waals surface area contributed by atoms with Crippen LogP contribution in [0.3, 0.4) is 0 Å². The number of ether oxygens (including phenoxy) is 2. The molecule has 0 atom stereocenters. The highest BCUT2D eigenvalue weighted by Gasteiger charge is 2.38. The van der Waals surface area contributed by atoms with E-state index >= 15 is 0 Å². The minimum Gasteiger partial charge on any atom is -0.496 e. The van der Waals surface area contributed by atoms with E-state index in [-0.39, 0.29) is 35.0 Å². The molecule has 4 rings (SSSR count). The van der Waals surface area contributed by atoms with Gasteiger partial charge < -0.3 is 24.3 Å². The maximum absolute atomic E-state index is 13.6. The Kier molecular flexibility index (Phi) is 7.36. The van der Waals surface area contributed by atoms with Gasteiger partial charge in [0.25, 0.3) is 11.5 Å². The molecule has 0 bridgehead atoms. The normalized spacial score (nSPS) is 15.8. The molecule has 10 heteroatoms. The van der Waals surface area contributed by atoms with Crippen LogP contribution < -0.4 is 10.3 Å². The monoisotopic (exact) mass is 547 g/mol. The van der Waals surface area contributed by atoms with E-state index in [4.69, 9.17) is 32.7 Å². The van der Waals surface area contributed by atoms with Gasteiger partial charge in [0.2, 0.25) is 0 Å². The highest BCUT2D eigenvalue weighted by atomic mass is 35.5. The second-order valence-corrected chi connectivity index (χ2v) is 11.3. The molecular weight excluding hydrogens is 517 g/mol. The van der Waals surface area contributed by atoms with Gasteiger partial charge in [0.05, 0.1) is 29.8 Å². The fourth-order valence-corrected chi connectivity index (χ4v) is 5.29. The Morgan fingerprint density at radius 2 is 1.89 bits per heavy atom. The third-order valence-electron chi connectivity index (χ3n) is 6.62. The number of carbonyl (C=O) groups excluding carboxylic acids is 2. The zero-order chi connectivity index (χ0) is 27.2. The predicted molar refractivity (Wildman–Crippen MR) is 144 cm³/mol. The van der Waals surface area contributed by atoms with Crippen molar-refractivity contribution in [2.24, 2.45) is 5.92 Å². The average Bonchev–Trinajstić information content (AvgIpc) is 2.76. The molecule has 1 N–H and O–H groups in total. The zero-order valence-electron chi connectivity index (χ0n) is 21.7. The Hall–Kier alpha value is -2.97. The van der Waals surface area contributed by atoms with Crippen LogP contribution in [-0.4, -0.2) is 59.1 Å². The molecule has 1 aromatic heterocycles. The first kappa shape index (κ1) is 27.1. The van der Waals surface area contributed by atoms with Crippen LogP contribution in [0.15, 0.2) is 23.5 Å². The van der Waals surface area contributed by atoms with Crippen LogP contribution in [-0.2, 0) is 17.7 Å².